The Balaban J connectivity index is 1.75. The third-order valence-electron chi connectivity index (χ3n) is 5.88. The zero-order valence-corrected chi connectivity index (χ0v) is 15.0. The maximum absolute atomic E-state index is 14.3. The highest BCUT2D eigenvalue weighted by atomic mass is 79.9. The molecule has 0 bridgehead atoms. The molecule has 1 saturated carbocycles. The third kappa shape index (κ3) is 2.54. The second kappa shape index (κ2) is 5.84. The van der Waals surface area contributed by atoms with E-state index in [1.165, 1.54) is 6.08 Å². The van der Waals surface area contributed by atoms with E-state index in [9.17, 15) is 13.2 Å². The van der Waals surface area contributed by atoms with Crippen LogP contribution in [0.25, 0.3) is 0 Å². The molecule has 3 nitrogen and oxygen atoms in total. The average molecular weight is 415 g/mol. The molecule has 2 spiro atoms. The van der Waals surface area contributed by atoms with Gasteiger partial charge in [-0.1, -0.05) is 22.0 Å². The van der Waals surface area contributed by atoms with Crippen LogP contribution in [0.15, 0.2) is 39.6 Å². The first kappa shape index (κ1) is 17.1. The van der Waals surface area contributed by atoms with Gasteiger partial charge in [0.25, 0.3) is 0 Å². The van der Waals surface area contributed by atoms with E-state index < -0.39 is 24.1 Å². The number of fused-ring (bicyclic) bond motifs is 3. The molecule has 2 N–H and O–H groups in total. The Labute approximate surface area is 152 Å². The zero-order chi connectivity index (χ0) is 17.8. The lowest BCUT2D eigenvalue weighted by Crippen LogP contribution is -2.44. The topological polar surface area (TPSA) is 47.6 Å². The van der Waals surface area contributed by atoms with E-state index in [4.69, 9.17) is 10.5 Å². The third-order valence-corrected chi connectivity index (χ3v) is 6.38. The maximum atomic E-state index is 14.3. The highest BCUT2D eigenvalue weighted by Gasteiger charge is 2.59. The minimum Gasteiger partial charge on any atom is -0.382 e. The number of nitrogens with two attached hydrogens (primary N) is 1. The normalized spacial score (nSPS) is 33.9. The monoisotopic (exact) mass is 414 g/mol. The molecule has 1 unspecified atom stereocenters. The minimum atomic E-state index is -2.76. The van der Waals surface area contributed by atoms with Crippen molar-refractivity contribution in [2.24, 2.45) is 16.1 Å². The Morgan fingerprint density at radius 1 is 1.28 bits per heavy atom. The second-order valence-electron chi connectivity index (χ2n) is 7.11. The van der Waals surface area contributed by atoms with Crippen molar-refractivity contribution < 1.29 is 17.9 Å². The predicted molar refractivity (Wildman–Crippen MR) is 92.1 cm³/mol. The molecule has 134 valence electrons. The van der Waals surface area contributed by atoms with Gasteiger partial charge in [-0.3, -0.25) is 0 Å². The minimum absolute atomic E-state index is 0.0850. The van der Waals surface area contributed by atoms with E-state index in [1.54, 1.807) is 0 Å². The van der Waals surface area contributed by atoms with Crippen molar-refractivity contribution in [2.75, 3.05) is 0 Å². The molecule has 1 aromatic rings. The fraction of sp³-hybridized carbons (Fsp3) is 0.500. The molecule has 0 radical (unpaired) electrons. The molecule has 1 aliphatic heterocycles. The van der Waals surface area contributed by atoms with E-state index in [0.717, 1.165) is 22.0 Å². The molecule has 1 fully saturated rings. The van der Waals surface area contributed by atoms with Crippen LogP contribution in [0.4, 0.5) is 13.2 Å². The van der Waals surface area contributed by atoms with E-state index in [2.05, 4.69) is 20.9 Å². The van der Waals surface area contributed by atoms with Gasteiger partial charge >= 0.3 is 6.61 Å². The number of rotatable bonds is 2. The molecule has 0 saturated heterocycles. The number of hydrogen-bond acceptors (Lipinski definition) is 3. The molecule has 1 aromatic carbocycles. The van der Waals surface area contributed by atoms with Crippen LogP contribution in [0.1, 0.15) is 36.8 Å². The Bertz CT molecular complexity index is 752. The summed E-state index contributed by atoms with van der Waals surface area (Å²) in [5, 5.41) is 0. The van der Waals surface area contributed by atoms with Gasteiger partial charge in [0.1, 0.15) is 5.54 Å². The van der Waals surface area contributed by atoms with Crippen LogP contribution in [-0.4, -0.2) is 18.6 Å². The van der Waals surface area contributed by atoms with Gasteiger partial charge in [0, 0.05) is 9.89 Å². The number of amidine groups is 1. The number of benzene rings is 1. The van der Waals surface area contributed by atoms with Crippen molar-refractivity contribution in [3.63, 3.8) is 0 Å². The molecule has 7 heteroatoms. The summed E-state index contributed by atoms with van der Waals surface area (Å²) in [6.45, 7) is -2.76. The molecular formula is C18H18BrF3N2O. The number of hydrogen-bond donors (Lipinski definition) is 1. The maximum Gasteiger partial charge on any atom is 0.345 e. The molecule has 0 amide bonds. The van der Waals surface area contributed by atoms with Crippen LogP contribution in [-0.2, 0) is 16.7 Å². The number of aliphatic imine (C=N–C) groups is 1. The van der Waals surface area contributed by atoms with E-state index in [1.807, 2.05) is 18.2 Å². The van der Waals surface area contributed by atoms with Gasteiger partial charge in [0.05, 0.1) is 6.10 Å². The van der Waals surface area contributed by atoms with Crippen LogP contribution in [0.2, 0.25) is 0 Å². The number of nitrogens with zero attached hydrogens (tertiary/aromatic N) is 1. The lowest BCUT2D eigenvalue weighted by atomic mass is 9.62. The van der Waals surface area contributed by atoms with Crippen LogP contribution in [0.5, 0.6) is 0 Å². The van der Waals surface area contributed by atoms with Crippen LogP contribution in [0, 0.1) is 5.41 Å². The molecule has 1 atom stereocenters. The summed E-state index contributed by atoms with van der Waals surface area (Å²) in [5.41, 5.74) is 6.64. The summed E-state index contributed by atoms with van der Waals surface area (Å²) in [5.74, 6) is -0.587. The summed E-state index contributed by atoms with van der Waals surface area (Å²) in [6, 6.07) is 5.95. The summed E-state index contributed by atoms with van der Waals surface area (Å²) >= 11 is 3.48. The average Bonchev–Trinajstić information content (AvgIpc) is 2.98. The van der Waals surface area contributed by atoms with Crippen LogP contribution < -0.4 is 5.73 Å². The van der Waals surface area contributed by atoms with Gasteiger partial charge in [0.2, 0.25) is 0 Å². The lowest BCUT2D eigenvalue weighted by molar-refractivity contribution is -0.176. The molecule has 0 aromatic heterocycles. The molecular weight excluding hydrogens is 397 g/mol. The van der Waals surface area contributed by atoms with E-state index >= 15 is 0 Å². The lowest BCUT2D eigenvalue weighted by Gasteiger charge is -2.45. The summed E-state index contributed by atoms with van der Waals surface area (Å²) in [6.07, 6.45) is 4.08. The van der Waals surface area contributed by atoms with E-state index in [-0.39, 0.29) is 11.3 Å². The summed E-state index contributed by atoms with van der Waals surface area (Å²) < 4.78 is 44.9. The molecule has 2 aliphatic carbocycles. The van der Waals surface area contributed by atoms with Crippen molar-refractivity contribution in [1.82, 2.24) is 0 Å². The Morgan fingerprint density at radius 2 is 2.00 bits per heavy atom. The highest BCUT2D eigenvalue weighted by Crippen LogP contribution is 2.62. The highest BCUT2D eigenvalue weighted by molar-refractivity contribution is 9.10. The predicted octanol–water partition coefficient (Wildman–Crippen LogP) is 4.59. The number of ether oxygens (including phenoxy) is 1. The number of halogens is 4. The van der Waals surface area contributed by atoms with Gasteiger partial charge in [0.15, 0.2) is 11.7 Å². The smallest absolute Gasteiger partial charge is 0.345 e. The SMILES string of the molecule is NC1=NC2(C=C1F)c1cc(Br)ccc1CC21CCC(OC(F)F)CC1. The van der Waals surface area contributed by atoms with Gasteiger partial charge in [-0.2, -0.15) is 8.78 Å². The molecule has 3 aliphatic rings. The van der Waals surface area contributed by atoms with Gasteiger partial charge < -0.3 is 10.5 Å². The first-order valence-corrected chi connectivity index (χ1v) is 9.11. The fourth-order valence-corrected chi connectivity index (χ4v) is 5.13. The Kier molecular flexibility index (Phi) is 3.99. The Morgan fingerprint density at radius 3 is 2.60 bits per heavy atom. The van der Waals surface area contributed by atoms with Crippen molar-refractivity contribution in [2.45, 2.75) is 50.4 Å². The molecule has 1 heterocycles. The standard InChI is InChI=1S/C18H18BrF3N2O/c19-11-2-1-10-8-17(5-3-12(4-6-17)25-16(21)22)18(13(10)7-11)9-14(20)15(23)24-18/h1-2,7,9,12,16H,3-6,8H2,(H2,23,24). The fourth-order valence-electron chi connectivity index (χ4n) is 4.77. The first-order valence-electron chi connectivity index (χ1n) is 8.32. The largest absolute Gasteiger partial charge is 0.382 e. The van der Waals surface area contributed by atoms with Crippen molar-refractivity contribution in [1.29, 1.82) is 0 Å². The quantitative estimate of drug-likeness (QED) is 0.768. The molecule has 25 heavy (non-hydrogen) atoms. The molecule has 4 rings (SSSR count). The number of alkyl halides is 2. The van der Waals surface area contributed by atoms with Crippen LogP contribution >= 0.6 is 15.9 Å². The van der Waals surface area contributed by atoms with Crippen molar-refractivity contribution in [3.8, 4) is 0 Å². The second-order valence-corrected chi connectivity index (χ2v) is 8.03. The van der Waals surface area contributed by atoms with Crippen molar-refractivity contribution in [3.05, 3.63) is 45.7 Å². The summed E-state index contributed by atoms with van der Waals surface area (Å²) in [4.78, 5) is 4.56. The summed E-state index contributed by atoms with van der Waals surface area (Å²) in [7, 11) is 0. The Hall–Kier alpha value is -1.34. The zero-order valence-electron chi connectivity index (χ0n) is 13.4. The van der Waals surface area contributed by atoms with Crippen molar-refractivity contribution >= 4 is 21.8 Å². The van der Waals surface area contributed by atoms with E-state index in [0.29, 0.717) is 25.7 Å². The van der Waals surface area contributed by atoms with Gasteiger partial charge in [-0.15, -0.1) is 0 Å². The van der Waals surface area contributed by atoms with Gasteiger partial charge in [-0.25, -0.2) is 9.38 Å². The van der Waals surface area contributed by atoms with Crippen LogP contribution in [0.3, 0.4) is 0 Å². The van der Waals surface area contributed by atoms with Gasteiger partial charge in [-0.05, 0) is 61.4 Å². The first-order chi connectivity index (χ1) is 11.9.